The summed E-state index contributed by atoms with van der Waals surface area (Å²) in [4.78, 5) is 4.97. The van der Waals surface area contributed by atoms with E-state index < -0.39 is 10.1 Å². The Kier molecular flexibility index (Phi) is 10.1. The molecule has 3 aromatic carbocycles. The number of nitrogens with two attached hydrogens (primary N) is 1. The van der Waals surface area contributed by atoms with Gasteiger partial charge in [-0.05, 0) is 111 Å². The molecule has 3 atom stereocenters. The minimum Gasteiger partial charge on any atom is -0.461 e. The van der Waals surface area contributed by atoms with Crippen LogP contribution < -0.4 is 20.3 Å². The van der Waals surface area contributed by atoms with Crippen molar-refractivity contribution in [3.8, 4) is 5.75 Å². The van der Waals surface area contributed by atoms with Crippen molar-refractivity contribution >= 4 is 27.2 Å². The van der Waals surface area contributed by atoms with E-state index >= 15 is 0 Å². The number of para-hydroxylation sites is 2. The topological polar surface area (TPSA) is 96.1 Å². The Morgan fingerprint density at radius 3 is 2.27 bits per heavy atom. The van der Waals surface area contributed by atoms with Crippen molar-refractivity contribution in [1.29, 1.82) is 0 Å². The summed E-state index contributed by atoms with van der Waals surface area (Å²) in [5.74, 6) is 2.10. The number of fused-ring (bicyclic) bond motifs is 2. The molecule has 264 valence electrons. The smallest absolute Gasteiger partial charge is 0.264 e. The molecule has 6 rings (SSSR count). The minimum atomic E-state index is -4.03. The van der Waals surface area contributed by atoms with Gasteiger partial charge in [-0.25, -0.2) is 0 Å². The maximum absolute atomic E-state index is 11.6. The Morgan fingerprint density at radius 1 is 0.857 bits per heavy atom. The van der Waals surface area contributed by atoms with Crippen molar-refractivity contribution in [2.45, 2.75) is 109 Å². The number of allylic oxidation sites excluding steroid dienone is 2. The second-order valence-electron chi connectivity index (χ2n) is 15.5. The zero-order valence-corrected chi connectivity index (χ0v) is 30.8. The number of benzene rings is 3. The Morgan fingerprint density at radius 2 is 1.53 bits per heavy atom. The van der Waals surface area contributed by atoms with Crippen LogP contribution in [0.4, 0.5) is 17.1 Å². The van der Waals surface area contributed by atoms with Gasteiger partial charge in [-0.2, -0.15) is 8.42 Å². The van der Waals surface area contributed by atoms with E-state index in [0.717, 1.165) is 74.4 Å². The van der Waals surface area contributed by atoms with Crippen molar-refractivity contribution in [3.05, 3.63) is 95.3 Å². The van der Waals surface area contributed by atoms with E-state index in [-0.39, 0.29) is 22.6 Å². The van der Waals surface area contributed by atoms with E-state index in [0.29, 0.717) is 24.9 Å². The number of hydrogen-bond acceptors (Lipinski definition) is 6. The van der Waals surface area contributed by atoms with Crippen LogP contribution in [0, 0.1) is 5.92 Å². The molecule has 0 saturated carbocycles. The van der Waals surface area contributed by atoms with Gasteiger partial charge < -0.3 is 20.3 Å². The average Bonchev–Trinajstić information content (AvgIpc) is 3.41. The lowest BCUT2D eigenvalue weighted by molar-refractivity contribution is 0.271. The van der Waals surface area contributed by atoms with Crippen LogP contribution in [-0.2, 0) is 20.9 Å². The molecule has 2 heterocycles. The number of hydrogen-bond donors (Lipinski definition) is 2. The summed E-state index contributed by atoms with van der Waals surface area (Å²) in [6, 6.07) is 25.8. The molecule has 0 radical (unpaired) electrons. The van der Waals surface area contributed by atoms with Crippen LogP contribution in [0.1, 0.15) is 97.1 Å². The first kappa shape index (κ1) is 35.3. The predicted octanol–water partition coefficient (Wildman–Crippen LogP) is 8.89. The fraction of sp³-hybridized carbons (Fsp3) is 0.512. The lowest BCUT2D eigenvalue weighted by Gasteiger charge is -2.37. The van der Waals surface area contributed by atoms with Gasteiger partial charge in [0.05, 0.1) is 5.75 Å². The third kappa shape index (κ3) is 7.23. The highest BCUT2D eigenvalue weighted by molar-refractivity contribution is 7.85. The van der Waals surface area contributed by atoms with Gasteiger partial charge in [-0.15, -0.1) is 0 Å². The lowest BCUT2D eigenvalue weighted by atomic mass is 9.75. The Labute approximate surface area is 294 Å². The van der Waals surface area contributed by atoms with Crippen molar-refractivity contribution in [2.75, 3.05) is 34.4 Å². The van der Waals surface area contributed by atoms with E-state index in [4.69, 9.17) is 10.5 Å². The highest BCUT2D eigenvalue weighted by atomic mass is 32.2. The normalized spacial score (nSPS) is 22.7. The molecule has 0 fully saturated rings. The Hall–Kier alpha value is -3.49. The third-order valence-corrected chi connectivity index (χ3v) is 12.5. The van der Waals surface area contributed by atoms with Crippen molar-refractivity contribution in [1.82, 2.24) is 0 Å². The molecule has 3 aliphatic rings. The molecule has 3 N–H and O–H groups in total. The van der Waals surface area contributed by atoms with Gasteiger partial charge in [-0.1, -0.05) is 64.1 Å². The summed E-state index contributed by atoms with van der Waals surface area (Å²) in [5.41, 5.74) is 13.5. The van der Waals surface area contributed by atoms with Crippen LogP contribution in [0.5, 0.6) is 5.75 Å². The molecular weight excluding hydrogens is 631 g/mol. The number of likely N-dealkylation sites (N-methyl/N-ethyl adjacent to an activating group) is 1. The van der Waals surface area contributed by atoms with Gasteiger partial charge in [0.1, 0.15) is 11.5 Å². The molecule has 0 amide bonds. The molecule has 0 bridgehead atoms. The summed E-state index contributed by atoms with van der Waals surface area (Å²) < 4.78 is 39.6. The second kappa shape index (κ2) is 14.0. The molecule has 0 saturated heterocycles. The van der Waals surface area contributed by atoms with Gasteiger partial charge >= 0.3 is 0 Å². The summed E-state index contributed by atoms with van der Waals surface area (Å²) in [6.07, 6.45) is 7.65. The molecule has 7 nitrogen and oxygen atoms in total. The van der Waals surface area contributed by atoms with Crippen molar-refractivity contribution < 1.29 is 17.7 Å². The first-order valence-electron chi connectivity index (χ1n) is 18.2. The van der Waals surface area contributed by atoms with Gasteiger partial charge in [0, 0.05) is 59.0 Å². The SMILES string of the molecule is CCN1c2ccccc2C(C)(C)C1CCC1=C(Oc2ccccc2)C(CCC2N(CCCS(=O)(=O)O)c3ccc(N)cc3C2(C)C)CCC1. The van der Waals surface area contributed by atoms with Gasteiger partial charge in [-0.3, -0.25) is 4.55 Å². The molecule has 2 aliphatic heterocycles. The van der Waals surface area contributed by atoms with E-state index in [1.165, 1.54) is 22.4 Å². The minimum absolute atomic E-state index is 0.0625. The maximum Gasteiger partial charge on any atom is 0.264 e. The van der Waals surface area contributed by atoms with Gasteiger partial charge in [0.2, 0.25) is 0 Å². The summed E-state index contributed by atoms with van der Waals surface area (Å²) >= 11 is 0. The first-order valence-corrected chi connectivity index (χ1v) is 19.8. The molecule has 3 unspecified atom stereocenters. The summed E-state index contributed by atoms with van der Waals surface area (Å²) in [5, 5.41) is 0. The molecule has 3 aromatic rings. The van der Waals surface area contributed by atoms with E-state index in [1.807, 2.05) is 24.3 Å². The van der Waals surface area contributed by atoms with E-state index in [9.17, 15) is 13.0 Å². The zero-order valence-electron chi connectivity index (χ0n) is 30.0. The molecule has 0 spiro atoms. The monoisotopic (exact) mass is 685 g/mol. The van der Waals surface area contributed by atoms with Crippen molar-refractivity contribution in [3.63, 3.8) is 0 Å². The molecule has 49 heavy (non-hydrogen) atoms. The number of ether oxygens (including phenoxy) is 1. The van der Waals surface area contributed by atoms with Crippen LogP contribution in [0.3, 0.4) is 0 Å². The van der Waals surface area contributed by atoms with Crippen LogP contribution >= 0.6 is 0 Å². The predicted molar refractivity (Wildman–Crippen MR) is 202 cm³/mol. The van der Waals surface area contributed by atoms with Crippen LogP contribution in [0.25, 0.3) is 0 Å². The fourth-order valence-electron chi connectivity index (χ4n) is 9.25. The highest BCUT2D eigenvalue weighted by Gasteiger charge is 2.46. The number of nitrogen functional groups attached to an aromatic ring is 1. The Bertz CT molecular complexity index is 1770. The number of anilines is 3. The van der Waals surface area contributed by atoms with E-state index in [1.54, 1.807) is 0 Å². The largest absolute Gasteiger partial charge is 0.461 e. The van der Waals surface area contributed by atoms with Crippen LogP contribution in [0.15, 0.2) is 84.1 Å². The third-order valence-electron chi connectivity index (χ3n) is 11.7. The van der Waals surface area contributed by atoms with E-state index in [2.05, 4.69) is 92.9 Å². The number of nitrogens with zero attached hydrogens (tertiary/aromatic N) is 2. The molecule has 0 aromatic heterocycles. The van der Waals surface area contributed by atoms with Crippen LogP contribution in [0.2, 0.25) is 0 Å². The average molecular weight is 686 g/mol. The second-order valence-corrected chi connectivity index (χ2v) is 17.0. The number of rotatable bonds is 13. The Balaban J connectivity index is 1.26. The molecule has 1 aliphatic carbocycles. The maximum atomic E-state index is 11.6. The van der Waals surface area contributed by atoms with Gasteiger partial charge in [0.25, 0.3) is 10.1 Å². The lowest BCUT2D eigenvalue weighted by Crippen LogP contribution is -2.43. The highest BCUT2D eigenvalue weighted by Crippen LogP contribution is 2.50. The van der Waals surface area contributed by atoms with Crippen LogP contribution in [-0.4, -0.2) is 43.9 Å². The fourth-order valence-corrected chi connectivity index (χ4v) is 9.74. The van der Waals surface area contributed by atoms with Gasteiger partial charge in [0.15, 0.2) is 0 Å². The standard InChI is InChI=1S/C41H55N3O4S/c1-6-43-35-19-11-10-18-33(35)40(2,3)37(43)24-20-29-14-12-15-30(39(29)48-32-16-8-7-9-17-32)21-25-38-41(4,5)34-28-31(42)22-23-36(34)44(38)26-13-27-49(45,46)47/h7-11,16-19,22-23,28,30,37-38H,6,12-15,20-21,24-27,42H2,1-5H3,(H,45,46,47). The first-order chi connectivity index (χ1) is 23.3. The quantitative estimate of drug-likeness (QED) is 0.137. The summed E-state index contributed by atoms with van der Waals surface area (Å²) in [6.45, 7) is 13.2. The zero-order chi connectivity index (χ0) is 35.0. The van der Waals surface area contributed by atoms with Crippen molar-refractivity contribution in [2.24, 2.45) is 5.92 Å². The summed E-state index contributed by atoms with van der Waals surface area (Å²) in [7, 11) is -4.03. The molecular formula is C41H55N3O4S. The molecule has 8 heteroatoms.